The fourth-order valence-electron chi connectivity index (χ4n) is 2.40. The Morgan fingerprint density at radius 3 is 2.56 bits per heavy atom. The molecule has 0 saturated heterocycles. The van der Waals surface area contributed by atoms with Gasteiger partial charge in [-0.1, -0.05) is 12.1 Å². The number of aromatic hydroxyl groups is 1. The standard InChI is InChI=1S/C19H16N2O5S/c1-26-18-8-5-13(11-20-18)12-3-2-4-15(9-12)27(25)21-14-6-7-16(19(23)24)17(22)10-14/h2-11,21-22H,1H3,(H,23,24). The van der Waals surface area contributed by atoms with E-state index in [2.05, 4.69) is 9.71 Å². The molecule has 138 valence electrons. The van der Waals surface area contributed by atoms with E-state index in [-0.39, 0.29) is 5.56 Å². The quantitative estimate of drug-likeness (QED) is 0.602. The Bertz CT molecular complexity index is 1010. The number of rotatable bonds is 6. The van der Waals surface area contributed by atoms with Crippen LogP contribution in [0.15, 0.2) is 65.7 Å². The molecular formula is C19H16N2O5S. The normalized spacial score (nSPS) is 11.6. The van der Waals surface area contributed by atoms with E-state index in [1.807, 2.05) is 12.1 Å². The molecule has 2 aromatic carbocycles. The van der Waals surface area contributed by atoms with Crippen molar-refractivity contribution in [1.82, 2.24) is 4.98 Å². The van der Waals surface area contributed by atoms with Gasteiger partial charge in [0.05, 0.1) is 17.7 Å². The average Bonchev–Trinajstić information content (AvgIpc) is 2.68. The summed E-state index contributed by atoms with van der Waals surface area (Å²) in [4.78, 5) is 15.6. The van der Waals surface area contributed by atoms with Gasteiger partial charge in [0.15, 0.2) is 0 Å². The van der Waals surface area contributed by atoms with Gasteiger partial charge in [0.2, 0.25) is 5.88 Å². The monoisotopic (exact) mass is 384 g/mol. The van der Waals surface area contributed by atoms with Gasteiger partial charge in [0.1, 0.15) is 22.3 Å². The molecule has 1 heterocycles. The first-order chi connectivity index (χ1) is 13.0. The highest BCUT2D eigenvalue weighted by Crippen LogP contribution is 2.25. The van der Waals surface area contributed by atoms with E-state index in [0.29, 0.717) is 16.5 Å². The molecule has 7 nitrogen and oxygen atoms in total. The highest BCUT2D eigenvalue weighted by atomic mass is 32.2. The average molecular weight is 384 g/mol. The molecule has 3 aromatic rings. The van der Waals surface area contributed by atoms with Gasteiger partial charge in [0.25, 0.3) is 0 Å². The maximum absolute atomic E-state index is 12.6. The van der Waals surface area contributed by atoms with E-state index >= 15 is 0 Å². The summed E-state index contributed by atoms with van der Waals surface area (Å²) < 4.78 is 20.4. The maximum atomic E-state index is 12.6. The fraction of sp³-hybridized carbons (Fsp3) is 0.0526. The van der Waals surface area contributed by atoms with Gasteiger partial charge < -0.3 is 19.7 Å². The van der Waals surface area contributed by atoms with Crippen LogP contribution in [0.2, 0.25) is 0 Å². The zero-order valence-electron chi connectivity index (χ0n) is 14.2. The van der Waals surface area contributed by atoms with Gasteiger partial charge >= 0.3 is 5.97 Å². The molecule has 0 bridgehead atoms. The Kier molecular flexibility index (Phi) is 5.37. The zero-order valence-corrected chi connectivity index (χ0v) is 15.1. The molecule has 0 spiro atoms. The van der Waals surface area contributed by atoms with Crippen LogP contribution in [0.3, 0.4) is 0 Å². The number of nitrogens with one attached hydrogen (secondary N) is 1. The lowest BCUT2D eigenvalue weighted by molar-refractivity contribution is 0.0694. The summed E-state index contributed by atoms with van der Waals surface area (Å²) in [6, 6.07) is 14.6. The third-order valence-corrected chi connectivity index (χ3v) is 4.87. The molecule has 3 N–H and O–H groups in total. The number of pyridine rings is 1. The topological polar surface area (TPSA) is 109 Å². The number of methoxy groups -OCH3 is 1. The van der Waals surface area contributed by atoms with Crippen LogP contribution in [0.1, 0.15) is 10.4 Å². The van der Waals surface area contributed by atoms with Gasteiger partial charge in [0, 0.05) is 23.9 Å². The molecule has 0 aliphatic heterocycles. The number of carboxylic acid groups (broad SMARTS) is 1. The van der Waals surface area contributed by atoms with Crippen molar-refractivity contribution in [2.24, 2.45) is 0 Å². The summed E-state index contributed by atoms with van der Waals surface area (Å²) in [5.74, 6) is -1.13. The summed E-state index contributed by atoms with van der Waals surface area (Å²) in [6.07, 6.45) is 1.66. The summed E-state index contributed by atoms with van der Waals surface area (Å²) in [5, 5.41) is 18.7. The summed E-state index contributed by atoms with van der Waals surface area (Å²) >= 11 is 0. The predicted molar refractivity (Wildman–Crippen MR) is 101 cm³/mol. The number of benzene rings is 2. The molecular weight excluding hydrogens is 368 g/mol. The number of anilines is 1. The predicted octanol–water partition coefficient (Wildman–Crippen LogP) is 3.30. The van der Waals surface area contributed by atoms with Gasteiger partial charge in [-0.05, 0) is 35.9 Å². The van der Waals surface area contributed by atoms with E-state index in [9.17, 15) is 14.1 Å². The summed E-state index contributed by atoms with van der Waals surface area (Å²) in [7, 11) is -0.0637. The Morgan fingerprint density at radius 2 is 1.93 bits per heavy atom. The van der Waals surface area contributed by atoms with Crippen molar-refractivity contribution in [1.29, 1.82) is 0 Å². The Morgan fingerprint density at radius 1 is 1.11 bits per heavy atom. The van der Waals surface area contributed by atoms with E-state index in [0.717, 1.165) is 11.1 Å². The second-order valence-corrected chi connectivity index (χ2v) is 6.74. The molecule has 1 unspecified atom stereocenters. The minimum absolute atomic E-state index is 0.222. The highest BCUT2D eigenvalue weighted by molar-refractivity contribution is 7.86. The van der Waals surface area contributed by atoms with Crippen molar-refractivity contribution >= 4 is 22.6 Å². The molecule has 0 saturated carbocycles. The SMILES string of the molecule is COc1ccc(-c2cccc(S(=O)Nc3ccc(C(=O)O)c(O)c3)c2)cn1. The largest absolute Gasteiger partial charge is 0.507 e. The highest BCUT2D eigenvalue weighted by Gasteiger charge is 2.12. The molecule has 0 aliphatic carbocycles. The van der Waals surface area contributed by atoms with Gasteiger partial charge in [-0.25, -0.2) is 14.0 Å². The molecule has 8 heteroatoms. The van der Waals surface area contributed by atoms with Crippen LogP contribution in [0, 0.1) is 0 Å². The van der Waals surface area contributed by atoms with Gasteiger partial charge in [-0.2, -0.15) is 0 Å². The van der Waals surface area contributed by atoms with Crippen molar-refractivity contribution in [2.75, 3.05) is 11.8 Å². The zero-order chi connectivity index (χ0) is 19.4. The van der Waals surface area contributed by atoms with Gasteiger partial charge in [-0.3, -0.25) is 0 Å². The first kappa shape index (κ1) is 18.4. The molecule has 0 fully saturated rings. The minimum atomic E-state index is -1.60. The second-order valence-electron chi connectivity index (χ2n) is 5.52. The second kappa shape index (κ2) is 7.88. The summed E-state index contributed by atoms with van der Waals surface area (Å²) in [6.45, 7) is 0. The van der Waals surface area contributed by atoms with Crippen molar-refractivity contribution in [3.8, 4) is 22.8 Å². The molecule has 1 aromatic heterocycles. The van der Waals surface area contributed by atoms with Crippen LogP contribution in [-0.4, -0.2) is 32.5 Å². The third-order valence-electron chi connectivity index (χ3n) is 3.77. The number of aromatic carboxylic acids is 1. The Hall–Kier alpha value is -3.39. The number of carboxylic acids is 1. The van der Waals surface area contributed by atoms with Gasteiger partial charge in [-0.15, -0.1) is 0 Å². The number of carbonyl (C=O) groups is 1. The van der Waals surface area contributed by atoms with Crippen LogP contribution < -0.4 is 9.46 Å². The number of hydrogen-bond donors (Lipinski definition) is 3. The fourth-order valence-corrected chi connectivity index (χ4v) is 3.30. The molecule has 3 rings (SSSR count). The van der Waals surface area contributed by atoms with Crippen molar-refractivity contribution < 1.29 is 24.0 Å². The van der Waals surface area contributed by atoms with Crippen molar-refractivity contribution in [3.05, 3.63) is 66.4 Å². The summed E-state index contributed by atoms with van der Waals surface area (Å²) in [5.41, 5.74) is 1.80. The number of phenols is 1. The molecule has 0 aliphatic rings. The maximum Gasteiger partial charge on any atom is 0.339 e. The third kappa shape index (κ3) is 4.24. The number of hydrogen-bond acceptors (Lipinski definition) is 5. The smallest absolute Gasteiger partial charge is 0.339 e. The van der Waals surface area contributed by atoms with E-state index in [1.54, 1.807) is 30.5 Å². The lowest BCUT2D eigenvalue weighted by Gasteiger charge is -2.09. The lowest BCUT2D eigenvalue weighted by Crippen LogP contribution is -2.05. The van der Waals surface area contributed by atoms with Crippen LogP contribution in [-0.2, 0) is 11.0 Å². The lowest BCUT2D eigenvalue weighted by atomic mass is 10.1. The molecule has 0 amide bonds. The van der Waals surface area contributed by atoms with Crippen LogP contribution in [0.5, 0.6) is 11.6 Å². The van der Waals surface area contributed by atoms with E-state index in [4.69, 9.17) is 9.84 Å². The van der Waals surface area contributed by atoms with Crippen LogP contribution in [0.25, 0.3) is 11.1 Å². The number of aromatic nitrogens is 1. The number of nitrogens with zero attached hydrogens (tertiary/aromatic N) is 1. The first-order valence-electron chi connectivity index (χ1n) is 7.83. The van der Waals surface area contributed by atoms with E-state index in [1.165, 1.54) is 25.3 Å². The molecule has 1 atom stereocenters. The Balaban J connectivity index is 1.81. The molecule has 0 radical (unpaired) electrons. The first-order valence-corrected chi connectivity index (χ1v) is 8.98. The van der Waals surface area contributed by atoms with Crippen molar-refractivity contribution in [2.45, 2.75) is 4.90 Å². The molecule has 27 heavy (non-hydrogen) atoms. The van der Waals surface area contributed by atoms with E-state index < -0.39 is 22.7 Å². The minimum Gasteiger partial charge on any atom is -0.507 e. The van der Waals surface area contributed by atoms with Crippen molar-refractivity contribution in [3.63, 3.8) is 0 Å². The van der Waals surface area contributed by atoms with Crippen LogP contribution >= 0.6 is 0 Å². The van der Waals surface area contributed by atoms with Crippen LogP contribution in [0.4, 0.5) is 5.69 Å². The number of ether oxygens (including phenoxy) is 1. The Labute approximate surface area is 157 Å².